The number of sulfone groups is 1. The number of rotatable bonds is 6. The van der Waals surface area contributed by atoms with E-state index >= 15 is 0 Å². The van der Waals surface area contributed by atoms with Crippen LogP contribution < -0.4 is 5.32 Å². The highest BCUT2D eigenvalue weighted by molar-refractivity contribution is 7.91. The van der Waals surface area contributed by atoms with E-state index in [2.05, 4.69) is 5.32 Å². The highest BCUT2D eigenvalue weighted by Crippen LogP contribution is 2.30. The Morgan fingerprint density at radius 2 is 2.22 bits per heavy atom. The fourth-order valence-corrected chi connectivity index (χ4v) is 5.15. The van der Waals surface area contributed by atoms with Crippen molar-refractivity contribution in [2.45, 2.75) is 38.2 Å². The summed E-state index contributed by atoms with van der Waals surface area (Å²) in [6, 6.07) is 0. The fraction of sp³-hybridized carbons (Fsp3) is 1.00. The van der Waals surface area contributed by atoms with Gasteiger partial charge in [-0.2, -0.15) is 0 Å². The van der Waals surface area contributed by atoms with Crippen LogP contribution in [0.4, 0.5) is 0 Å². The van der Waals surface area contributed by atoms with E-state index in [1.807, 2.05) is 7.05 Å². The molecule has 5 heteroatoms. The lowest BCUT2D eigenvalue weighted by Gasteiger charge is -2.23. The van der Waals surface area contributed by atoms with Gasteiger partial charge in [-0.25, -0.2) is 8.42 Å². The summed E-state index contributed by atoms with van der Waals surface area (Å²) in [5.41, 5.74) is 0. The Labute approximate surface area is 110 Å². The minimum absolute atomic E-state index is 0.351. The smallest absolute Gasteiger partial charge is 0.150 e. The number of hydrogen-bond acceptors (Lipinski definition) is 4. The summed E-state index contributed by atoms with van der Waals surface area (Å²) in [5.74, 6) is 1.61. The summed E-state index contributed by atoms with van der Waals surface area (Å²) in [7, 11) is -0.808. The van der Waals surface area contributed by atoms with E-state index in [0.717, 1.165) is 32.4 Å². The molecule has 4 nitrogen and oxygen atoms in total. The standard InChI is InChI=1S/C13H25NO3S/c1-14-9-11(4-5-13-3-2-7-17-13)12-6-8-18(15,16)10-12/h11-14H,2-10H2,1H3. The molecule has 2 saturated heterocycles. The average molecular weight is 275 g/mol. The minimum Gasteiger partial charge on any atom is -0.378 e. The summed E-state index contributed by atoms with van der Waals surface area (Å²) in [5, 5.41) is 3.21. The Balaban J connectivity index is 1.83. The molecule has 0 aromatic carbocycles. The molecule has 0 amide bonds. The number of ether oxygens (including phenoxy) is 1. The summed E-state index contributed by atoms with van der Waals surface area (Å²) < 4.78 is 28.8. The predicted molar refractivity (Wildman–Crippen MR) is 72.4 cm³/mol. The first-order valence-electron chi connectivity index (χ1n) is 7.07. The largest absolute Gasteiger partial charge is 0.378 e. The van der Waals surface area contributed by atoms with Crippen LogP contribution in [-0.2, 0) is 14.6 Å². The second-order valence-corrected chi connectivity index (χ2v) is 7.92. The maximum atomic E-state index is 11.6. The van der Waals surface area contributed by atoms with Gasteiger partial charge in [0.05, 0.1) is 17.6 Å². The molecule has 0 bridgehead atoms. The SMILES string of the molecule is CNCC(CCC1CCCO1)C1CCS(=O)(=O)C1. The Hall–Kier alpha value is -0.130. The Kier molecular flexibility index (Phi) is 5.04. The van der Waals surface area contributed by atoms with Crippen molar-refractivity contribution in [1.82, 2.24) is 5.32 Å². The number of nitrogens with one attached hydrogen (secondary N) is 1. The molecule has 2 aliphatic heterocycles. The third-order valence-corrected chi connectivity index (χ3v) is 6.08. The molecule has 2 rings (SSSR count). The Morgan fingerprint density at radius 3 is 2.78 bits per heavy atom. The van der Waals surface area contributed by atoms with Crippen molar-refractivity contribution in [3.05, 3.63) is 0 Å². The molecule has 0 radical (unpaired) electrons. The van der Waals surface area contributed by atoms with Crippen LogP contribution in [0.5, 0.6) is 0 Å². The molecule has 1 N–H and O–H groups in total. The predicted octanol–water partition coefficient (Wildman–Crippen LogP) is 1.22. The maximum absolute atomic E-state index is 11.6. The lowest BCUT2D eigenvalue weighted by Crippen LogP contribution is -2.28. The van der Waals surface area contributed by atoms with E-state index in [1.54, 1.807) is 0 Å². The summed E-state index contributed by atoms with van der Waals surface area (Å²) in [6.45, 7) is 1.83. The van der Waals surface area contributed by atoms with Gasteiger partial charge in [-0.1, -0.05) is 0 Å². The van der Waals surface area contributed by atoms with Gasteiger partial charge in [0.15, 0.2) is 9.84 Å². The molecular formula is C13H25NO3S. The van der Waals surface area contributed by atoms with Crippen LogP contribution in [0.2, 0.25) is 0 Å². The van der Waals surface area contributed by atoms with E-state index in [9.17, 15) is 8.42 Å². The quantitative estimate of drug-likeness (QED) is 0.792. The summed E-state index contributed by atoms with van der Waals surface area (Å²) >= 11 is 0. The molecule has 3 unspecified atom stereocenters. The third-order valence-electron chi connectivity index (χ3n) is 4.28. The molecule has 2 fully saturated rings. The second-order valence-electron chi connectivity index (χ2n) is 5.69. The highest BCUT2D eigenvalue weighted by Gasteiger charge is 2.33. The van der Waals surface area contributed by atoms with Gasteiger partial charge in [0, 0.05) is 6.61 Å². The summed E-state index contributed by atoms with van der Waals surface area (Å²) in [6.07, 6.45) is 5.80. The topological polar surface area (TPSA) is 55.4 Å². The van der Waals surface area contributed by atoms with E-state index in [4.69, 9.17) is 4.74 Å². The molecular weight excluding hydrogens is 250 g/mol. The third kappa shape index (κ3) is 3.93. The van der Waals surface area contributed by atoms with Crippen molar-refractivity contribution >= 4 is 9.84 Å². The van der Waals surface area contributed by atoms with Crippen LogP contribution in [0, 0.1) is 11.8 Å². The van der Waals surface area contributed by atoms with Gasteiger partial charge < -0.3 is 10.1 Å². The Bertz CT molecular complexity index is 349. The zero-order valence-corrected chi connectivity index (χ0v) is 12.0. The molecule has 0 aromatic heterocycles. The van der Waals surface area contributed by atoms with E-state index in [1.165, 1.54) is 12.8 Å². The lowest BCUT2D eigenvalue weighted by atomic mass is 9.86. The van der Waals surface area contributed by atoms with Crippen LogP contribution in [0.1, 0.15) is 32.1 Å². The molecule has 0 aromatic rings. The molecule has 0 saturated carbocycles. The molecule has 0 aliphatic carbocycles. The molecule has 0 spiro atoms. The molecule has 3 atom stereocenters. The molecule has 106 valence electrons. The van der Waals surface area contributed by atoms with E-state index < -0.39 is 9.84 Å². The van der Waals surface area contributed by atoms with Crippen molar-refractivity contribution < 1.29 is 13.2 Å². The second kappa shape index (κ2) is 6.35. The molecule has 2 heterocycles. The van der Waals surface area contributed by atoms with Crippen molar-refractivity contribution in [2.75, 3.05) is 31.7 Å². The maximum Gasteiger partial charge on any atom is 0.150 e. The number of hydrogen-bond donors (Lipinski definition) is 1. The van der Waals surface area contributed by atoms with Gasteiger partial charge in [0.1, 0.15) is 0 Å². The summed E-state index contributed by atoms with van der Waals surface area (Å²) in [4.78, 5) is 0. The fourth-order valence-electron chi connectivity index (χ4n) is 3.23. The van der Waals surface area contributed by atoms with Crippen LogP contribution in [0.25, 0.3) is 0 Å². The van der Waals surface area contributed by atoms with Crippen molar-refractivity contribution in [3.8, 4) is 0 Å². The zero-order chi connectivity index (χ0) is 13.0. The normalized spacial score (nSPS) is 32.7. The van der Waals surface area contributed by atoms with E-state index in [0.29, 0.717) is 29.4 Å². The van der Waals surface area contributed by atoms with Crippen LogP contribution in [0.15, 0.2) is 0 Å². The van der Waals surface area contributed by atoms with Gasteiger partial charge in [-0.15, -0.1) is 0 Å². The van der Waals surface area contributed by atoms with Crippen molar-refractivity contribution in [2.24, 2.45) is 11.8 Å². The Morgan fingerprint density at radius 1 is 1.39 bits per heavy atom. The van der Waals surface area contributed by atoms with Gasteiger partial charge in [0.25, 0.3) is 0 Å². The van der Waals surface area contributed by atoms with Gasteiger partial charge in [0.2, 0.25) is 0 Å². The average Bonchev–Trinajstić information content (AvgIpc) is 2.93. The highest BCUT2D eigenvalue weighted by atomic mass is 32.2. The van der Waals surface area contributed by atoms with Crippen LogP contribution >= 0.6 is 0 Å². The lowest BCUT2D eigenvalue weighted by molar-refractivity contribution is 0.0952. The van der Waals surface area contributed by atoms with E-state index in [-0.39, 0.29) is 0 Å². The molecule has 2 aliphatic rings. The first-order chi connectivity index (χ1) is 8.61. The minimum atomic E-state index is -2.76. The van der Waals surface area contributed by atoms with Crippen molar-refractivity contribution in [3.63, 3.8) is 0 Å². The molecule has 18 heavy (non-hydrogen) atoms. The van der Waals surface area contributed by atoms with Gasteiger partial charge in [-0.05, 0) is 57.5 Å². The zero-order valence-electron chi connectivity index (χ0n) is 11.2. The van der Waals surface area contributed by atoms with Gasteiger partial charge >= 0.3 is 0 Å². The van der Waals surface area contributed by atoms with Crippen molar-refractivity contribution in [1.29, 1.82) is 0 Å². The van der Waals surface area contributed by atoms with Crippen LogP contribution in [-0.4, -0.2) is 46.2 Å². The van der Waals surface area contributed by atoms with Crippen LogP contribution in [0.3, 0.4) is 0 Å². The van der Waals surface area contributed by atoms with Gasteiger partial charge in [-0.3, -0.25) is 0 Å². The first kappa shape index (κ1) is 14.3. The first-order valence-corrected chi connectivity index (χ1v) is 8.89. The monoisotopic (exact) mass is 275 g/mol.